The van der Waals surface area contributed by atoms with Crippen molar-refractivity contribution in [3.05, 3.63) is 36.9 Å². The van der Waals surface area contributed by atoms with Gasteiger partial charge in [0, 0.05) is 12.7 Å². The number of nitrogens with zero attached hydrogens (tertiary/aromatic N) is 3. The van der Waals surface area contributed by atoms with Crippen molar-refractivity contribution in [2.75, 3.05) is 19.8 Å². The first-order chi connectivity index (χ1) is 8.40. The number of ether oxygens (including phenoxy) is 2. The molecule has 0 aliphatic rings. The Morgan fingerprint density at radius 2 is 2.24 bits per heavy atom. The van der Waals surface area contributed by atoms with Gasteiger partial charge in [0.2, 0.25) is 0 Å². The number of hydrogen-bond donors (Lipinski definition) is 0. The summed E-state index contributed by atoms with van der Waals surface area (Å²) in [6.07, 6.45) is 3.15. The molecule has 90 valence electrons. The Bertz CT molecular complexity index is 443. The van der Waals surface area contributed by atoms with Crippen molar-refractivity contribution in [1.82, 2.24) is 14.8 Å². The van der Waals surface area contributed by atoms with Gasteiger partial charge in [0.25, 0.3) is 0 Å². The molecule has 0 unspecified atom stereocenters. The molecule has 5 heteroatoms. The first-order valence-electron chi connectivity index (χ1n) is 5.56. The highest BCUT2D eigenvalue weighted by Gasteiger charge is 1.99. The second-order valence-corrected chi connectivity index (χ2v) is 3.38. The summed E-state index contributed by atoms with van der Waals surface area (Å²) in [5.74, 6) is 0.803. The highest BCUT2D eigenvalue weighted by molar-refractivity contribution is 5.38. The van der Waals surface area contributed by atoms with Crippen molar-refractivity contribution in [2.24, 2.45) is 0 Å². The SMILES string of the molecule is CCOCCOc1cccc(-n2cncn2)c1. The molecule has 0 saturated carbocycles. The van der Waals surface area contributed by atoms with Crippen LogP contribution in [0.5, 0.6) is 5.75 Å². The van der Waals surface area contributed by atoms with E-state index in [4.69, 9.17) is 9.47 Å². The summed E-state index contributed by atoms with van der Waals surface area (Å²) < 4.78 is 12.5. The van der Waals surface area contributed by atoms with E-state index in [1.54, 1.807) is 11.0 Å². The van der Waals surface area contributed by atoms with Gasteiger partial charge in [0.15, 0.2) is 0 Å². The van der Waals surface area contributed by atoms with E-state index in [9.17, 15) is 0 Å². The zero-order valence-corrected chi connectivity index (χ0v) is 9.74. The molecule has 1 heterocycles. The minimum Gasteiger partial charge on any atom is -0.491 e. The number of aromatic nitrogens is 3. The molecule has 0 amide bonds. The maximum absolute atomic E-state index is 5.56. The summed E-state index contributed by atoms with van der Waals surface area (Å²) in [5, 5.41) is 4.06. The van der Waals surface area contributed by atoms with Crippen LogP contribution in [0.3, 0.4) is 0 Å². The van der Waals surface area contributed by atoms with Crippen LogP contribution in [0.1, 0.15) is 6.92 Å². The fraction of sp³-hybridized carbons (Fsp3) is 0.333. The molecule has 17 heavy (non-hydrogen) atoms. The van der Waals surface area contributed by atoms with Gasteiger partial charge in [0.05, 0.1) is 12.3 Å². The third-order valence-electron chi connectivity index (χ3n) is 2.20. The summed E-state index contributed by atoms with van der Waals surface area (Å²) in [5.41, 5.74) is 0.927. The van der Waals surface area contributed by atoms with Gasteiger partial charge in [-0.1, -0.05) is 6.07 Å². The van der Waals surface area contributed by atoms with Crippen molar-refractivity contribution in [3.63, 3.8) is 0 Å². The second-order valence-electron chi connectivity index (χ2n) is 3.38. The molecule has 0 aliphatic carbocycles. The lowest BCUT2D eigenvalue weighted by Crippen LogP contribution is -2.06. The third-order valence-corrected chi connectivity index (χ3v) is 2.20. The van der Waals surface area contributed by atoms with Crippen molar-refractivity contribution < 1.29 is 9.47 Å². The van der Waals surface area contributed by atoms with E-state index in [0.717, 1.165) is 11.4 Å². The molecular formula is C12H15N3O2. The minimum absolute atomic E-state index is 0.550. The highest BCUT2D eigenvalue weighted by atomic mass is 16.5. The van der Waals surface area contributed by atoms with E-state index in [-0.39, 0.29) is 0 Å². The van der Waals surface area contributed by atoms with E-state index in [1.807, 2.05) is 31.2 Å². The average Bonchev–Trinajstić information content (AvgIpc) is 2.89. The number of benzene rings is 1. The van der Waals surface area contributed by atoms with Crippen LogP contribution in [0.15, 0.2) is 36.9 Å². The van der Waals surface area contributed by atoms with Gasteiger partial charge in [-0.2, -0.15) is 5.10 Å². The first-order valence-corrected chi connectivity index (χ1v) is 5.56. The zero-order chi connectivity index (χ0) is 11.9. The van der Waals surface area contributed by atoms with Crippen LogP contribution >= 0.6 is 0 Å². The maximum Gasteiger partial charge on any atom is 0.138 e. The van der Waals surface area contributed by atoms with Gasteiger partial charge < -0.3 is 9.47 Å². The summed E-state index contributed by atoms with van der Waals surface area (Å²) in [6.45, 7) is 3.83. The highest BCUT2D eigenvalue weighted by Crippen LogP contribution is 2.15. The van der Waals surface area contributed by atoms with Gasteiger partial charge >= 0.3 is 0 Å². The van der Waals surface area contributed by atoms with Crippen LogP contribution in [0.4, 0.5) is 0 Å². The van der Waals surface area contributed by atoms with Crippen LogP contribution in [0, 0.1) is 0 Å². The average molecular weight is 233 g/mol. The van der Waals surface area contributed by atoms with Crippen LogP contribution in [-0.4, -0.2) is 34.6 Å². The Labute approximate surface area is 100 Å². The summed E-state index contributed by atoms with van der Waals surface area (Å²) in [7, 11) is 0. The molecule has 2 rings (SSSR count). The van der Waals surface area contributed by atoms with Gasteiger partial charge in [-0.15, -0.1) is 0 Å². The van der Waals surface area contributed by atoms with Gasteiger partial charge in [-0.25, -0.2) is 9.67 Å². The molecule has 0 N–H and O–H groups in total. The topological polar surface area (TPSA) is 49.2 Å². The van der Waals surface area contributed by atoms with Crippen molar-refractivity contribution in [2.45, 2.75) is 6.92 Å². The van der Waals surface area contributed by atoms with Crippen LogP contribution in [-0.2, 0) is 4.74 Å². The molecule has 0 aliphatic heterocycles. The quantitative estimate of drug-likeness (QED) is 0.712. The fourth-order valence-electron chi connectivity index (χ4n) is 1.42. The van der Waals surface area contributed by atoms with Crippen LogP contribution < -0.4 is 4.74 Å². The molecule has 1 aromatic carbocycles. The lowest BCUT2D eigenvalue weighted by atomic mass is 10.3. The monoisotopic (exact) mass is 233 g/mol. The Morgan fingerprint density at radius 3 is 3.00 bits per heavy atom. The van der Waals surface area contributed by atoms with E-state index in [2.05, 4.69) is 10.1 Å². The molecule has 0 atom stereocenters. The Kier molecular flexibility index (Phi) is 4.10. The van der Waals surface area contributed by atoms with Gasteiger partial charge in [-0.3, -0.25) is 0 Å². The van der Waals surface area contributed by atoms with Gasteiger partial charge in [-0.05, 0) is 19.1 Å². The fourth-order valence-corrected chi connectivity index (χ4v) is 1.42. The predicted octanol–water partition coefficient (Wildman–Crippen LogP) is 1.68. The molecule has 5 nitrogen and oxygen atoms in total. The van der Waals surface area contributed by atoms with E-state index < -0.39 is 0 Å². The predicted molar refractivity (Wildman–Crippen MR) is 63.3 cm³/mol. The summed E-state index contributed by atoms with van der Waals surface area (Å²) in [6, 6.07) is 7.70. The molecule has 0 saturated heterocycles. The van der Waals surface area contributed by atoms with Crippen molar-refractivity contribution in [1.29, 1.82) is 0 Å². The van der Waals surface area contributed by atoms with Crippen molar-refractivity contribution in [3.8, 4) is 11.4 Å². The van der Waals surface area contributed by atoms with Gasteiger partial charge in [0.1, 0.15) is 25.0 Å². The second kappa shape index (κ2) is 6.00. The normalized spacial score (nSPS) is 10.4. The summed E-state index contributed by atoms with van der Waals surface area (Å²) >= 11 is 0. The van der Waals surface area contributed by atoms with Crippen molar-refractivity contribution >= 4 is 0 Å². The van der Waals surface area contributed by atoms with Crippen LogP contribution in [0.25, 0.3) is 5.69 Å². The Morgan fingerprint density at radius 1 is 1.29 bits per heavy atom. The molecule has 0 bridgehead atoms. The molecule has 1 aromatic heterocycles. The zero-order valence-electron chi connectivity index (χ0n) is 9.74. The lowest BCUT2D eigenvalue weighted by Gasteiger charge is -2.07. The Hall–Kier alpha value is -1.88. The Balaban J connectivity index is 1.97. The first kappa shape index (κ1) is 11.6. The smallest absolute Gasteiger partial charge is 0.138 e. The molecule has 0 radical (unpaired) electrons. The molecule has 2 aromatic rings. The van der Waals surface area contributed by atoms with E-state index >= 15 is 0 Å². The number of rotatable bonds is 6. The molecular weight excluding hydrogens is 218 g/mol. The third kappa shape index (κ3) is 3.29. The van der Waals surface area contributed by atoms with E-state index in [1.165, 1.54) is 6.33 Å². The summed E-state index contributed by atoms with van der Waals surface area (Å²) in [4.78, 5) is 3.91. The maximum atomic E-state index is 5.56. The minimum atomic E-state index is 0.550. The molecule has 0 spiro atoms. The van der Waals surface area contributed by atoms with Crippen LogP contribution in [0.2, 0.25) is 0 Å². The molecule has 0 fully saturated rings. The number of hydrogen-bond acceptors (Lipinski definition) is 4. The van der Waals surface area contributed by atoms with E-state index in [0.29, 0.717) is 19.8 Å². The lowest BCUT2D eigenvalue weighted by molar-refractivity contribution is 0.110. The standard InChI is InChI=1S/C12H15N3O2/c1-2-16-6-7-17-12-5-3-4-11(8-12)15-10-13-9-14-15/h3-5,8-10H,2,6-7H2,1H3. The largest absolute Gasteiger partial charge is 0.491 e.